The summed E-state index contributed by atoms with van der Waals surface area (Å²) in [5.74, 6) is 0.748. The van der Waals surface area contributed by atoms with Crippen LogP contribution in [-0.4, -0.2) is 17.3 Å². The second-order valence-electron chi connectivity index (χ2n) is 2.99. The molecule has 15 heavy (non-hydrogen) atoms. The molecule has 0 unspecified atom stereocenters. The molecule has 5 heteroatoms. The highest BCUT2D eigenvalue weighted by Crippen LogP contribution is 2.25. The molecule has 0 fully saturated rings. The average Bonchev–Trinajstić information content (AvgIpc) is 2.65. The van der Waals surface area contributed by atoms with Gasteiger partial charge in [-0.2, -0.15) is 4.98 Å². The zero-order valence-electron chi connectivity index (χ0n) is 8.32. The van der Waals surface area contributed by atoms with Gasteiger partial charge >= 0.3 is 0 Å². The quantitative estimate of drug-likeness (QED) is 0.759. The number of aromatic nitrogens is 2. The van der Waals surface area contributed by atoms with Crippen LogP contribution in [0.4, 0.5) is 4.39 Å². The van der Waals surface area contributed by atoms with Gasteiger partial charge in [0.1, 0.15) is 11.6 Å². The van der Waals surface area contributed by atoms with Crippen molar-refractivity contribution >= 4 is 0 Å². The largest absolute Gasteiger partial charge is 0.497 e. The summed E-state index contributed by atoms with van der Waals surface area (Å²) in [5.41, 5.74) is 0.245. The first kappa shape index (κ1) is 9.64. The second kappa shape index (κ2) is 3.68. The molecule has 0 aliphatic carbocycles. The van der Waals surface area contributed by atoms with Gasteiger partial charge in [-0.05, 0) is 25.1 Å². The van der Waals surface area contributed by atoms with Gasteiger partial charge in [0.25, 0.3) is 5.89 Å². The predicted octanol–water partition coefficient (Wildman–Crippen LogP) is 2.19. The lowest BCUT2D eigenvalue weighted by atomic mass is 10.2. The minimum absolute atomic E-state index is 0.156. The van der Waals surface area contributed by atoms with Crippen LogP contribution in [0.25, 0.3) is 11.5 Å². The molecule has 0 aliphatic rings. The highest BCUT2D eigenvalue weighted by atomic mass is 19.1. The number of benzene rings is 1. The molecule has 0 bridgehead atoms. The SMILES string of the molecule is COc1ccc(F)c(-c2nc(C)no2)c1. The van der Waals surface area contributed by atoms with Crippen LogP contribution in [0.2, 0.25) is 0 Å². The lowest BCUT2D eigenvalue weighted by molar-refractivity contribution is 0.410. The van der Waals surface area contributed by atoms with Crippen LogP contribution >= 0.6 is 0 Å². The van der Waals surface area contributed by atoms with E-state index < -0.39 is 5.82 Å². The van der Waals surface area contributed by atoms with Gasteiger partial charge in [0, 0.05) is 0 Å². The molecule has 0 radical (unpaired) electrons. The number of hydrogen-bond donors (Lipinski definition) is 0. The van der Waals surface area contributed by atoms with E-state index in [1.165, 1.54) is 25.3 Å². The summed E-state index contributed by atoms with van der Waals surface area (Å²) in [6, 6.07) is 4.35. The Morgan fingerprint density at radius 1 is 1.40 bits per heavy atom. The number of aryl methyl sites for hydroxylation is 1. The number of rotatable bonds is 2. The first-order valence-electron chi connectivity index (χ1n) is 4.35. The molecule has 78 valence electrons. The van der Waals surface area contributed by atoms with Gasteiger partial charge in [-0.3, -0.25) is 0 Å². The van der Waals surface area contributed by atoms with E-state index in [1.807, 2.05) is 0 Å². The van der Waals surface area contributed by atoms with Crippen LogP contribution < -0.4 is 4.74 Å². The molecule has 0 N–H and O–H groups in total. The summed E-state index contributed by atoms with van der Waals surface area (Å²) in [5, 5.41) is 3.60. The van der Waals surface area contributed by atoms with E-state index in [9.17, 15) is 4.39 Å². The number of halogens is 1. The van der Waals surface area contributed by atoms with Crippen molar-refractivity contribution < 1.29 is 13.7 Å². The summed E-state index contributed by atoms with van der Waals surface area (Å²) in [6.07, 6.45) is 0. The highest BCUT2D eigenvalue weighted by molar-refractivity contribution is 5.56. The number of hydrogen-bond acceptors (Lipinski definition) is 4. The maximum absolute atomic E-state index is 13.4. The van der Waals surface area contributed by atoms with Gasteiger partial charge in [0.05, 0.1) is 12.7 Å². The molecular formula is C10H9FN2O2. The third kappa shape index (κ3) is 1.81. The van der Waals surface area contributed by atoms with Gasteiger partial charge < -0.3 is 9.26 Å². The van der Waals surface area contributed by atoms with Crippen LogP contribution in [0.5, 0.6) is 5.75 Å². The minimum atomic E-state index is -0.417. The van der Waals surface area contributed by atoms with E-state index in [0.29, 0.717) is 11.6 Å². The van der Waals surface area contributed by atoms with Crippen LogP contribution in [0.3, 0.4) is 0 Å². The van der Waals surface area contributed by atoms with E-state index in [0.717, 1.165) is 0 Å². The number of ether oxygens (including phenoxy) is 1. The summed E-state index contributed by atoms with van der Waals surface area (Å²) < 4.78 is 23.3. The van der Waals surface area contributed by atoms with Crippen LogP contribution in [0.15, 0.2) is 22.7 Å². The van der Waals surface area contributed by atoms with Gasteiger partial charge in [-0.25, -0.2) is 4.39 Å². The molecule has 1 heterocycles. The summed E-state index contributed by atoms with van der Waals surface area (Å²) >= 11 is 0. The van der Waals surface area contributed by atoms with Crippen molar-refractivity contribution in [3.05, 3.63) is 29.8 Å². The smallest absolute Gasteiger partial charge is 0.261 e. The fourth-order valence-electron chi connectivity index (χ4n) is 1.20. The molecule has 0 spiro atoms. The summed E-state index contributed by atoms with van der Waals surface area (Å²) in [7, 11) is 1.51. The molecule has 0 atom stereocenters. The number of methoxy groups -OCH3 is 1. The van der Waals surface area contributed by atoms with Crippen molar-refractivity contribution in [2.45, 2.75) is 6.92 Å². The highest BCUT2D eigenvalue weighted by Gasteiger charge is 2.12. The van der Waals surface area contributed by atoms with Gasteiger partial charge in [-0.15, -0.1) is 0 Å². The van der Waals surface area contributed by atoms with Crippen molar-refractivity contribution in [2.75, 3.05) is 7.11 Å². The molecule has 4 nitrogen and oxygen atoms in total. The maximum atomic E-state index is 13.4. The molecule has 0 saturated carbocycles. The van der Waals surface area contributed by atoms with Gasteiger partial charge in [0.2, 0.25) is 0 Å². The standard InChI is InChI=1S/C10H9FN2O2/c1-6-12-10(15-13-6)8-5-7(14-2)3-4-9(8)11/h3-5H,1-2H3. The zero-order valence-corrected chi connectivity index (χ0v) is 8.32. The Morgan fingerprint density at radius 3 is 2.80 bits per heavy atom. The monoisotopic (exact) mass is 208 g/mol. The van der Waals surface area contributed by atoms with Crippen molar-refractivity contribution in [3.8, 4) is 17.2 Å². The molecule has 0 amide bonds. The van der Waals surface area contributed by atoms with Crippen molar-refractivity contribution in [2.24, 2.45) is 0 Å². The normalized spacial score (nSPS) is 10.3. The molecule has 0 saturated heterocycles. The lowest BCUT2D eigenvalue weighted by Crippen LogP contribution is -1.88. The Bertz CT molecular complexity index is 482. The maximum Gasteiger partial charge on any atom is 0.261 e. The Labute approximate surface area is 85.7 Å². The van der Waals surface area contributed by atoms with E-state index in [4.69, 9.17) is 9.26 Å². The molecule has 2 rings (SSSR count). The van der Waals surface area contributed by atoms with Crippen molar-refractivity contribution in [3.63, 3.8) is 0 Å². The van der Waals surface area contributed by atoms with Gasteiger partial charge in [-0.1, -0.05) is 5.16 Å². The van der Waals surface area contributed by atoms with Crippen molar-refractivity contribution in [1.29, 1.82) is 0 Å². The average molecular weight is 208 g/mol. The van der Waals surface area contributed by atoms with E-state index >= 15 is 0 Å². The van der Waals surface area contributed by atoms with Crippen LogP contribution in [0, 0.1) is 12.7 Å². The Morgan fingerprint density at radius 2 is 2.20 bits per heavy atom. The molecule has 1 aromatic heterocycles. The van der Waals surface area contributed by atoms with E-state index in [1.54, 1.807) is 6.92 Å². The summed E-state index contributed by atoms with van der Waals surface area (Å²) in [6.45, 7) is 1.67. The third-order valence-electron chi connectivity index (χ3n) is 1.93. The van der Waals surface area contributed by atoms with Crippen LogP contribution in [-0.2, 0) is 0 Å². The molecule has 1 aromatic carbocycles. The van der Waals surface area contributed by atoms with E-state index in [2.05, 4.69) is 10.1 Å². The third-order valence-corrected chi connectivity index (χ3v) is 1.93. The van der Waals surface area contributed by atoms with E-state index in [-0.39, 0.29) is 11.5 Å². The Balaban J connectivity index is 2.51. The summed E-state index contributed by atoms with van der Waals surface area (Å²) in [4.78, 5) is 3.94. The number of nitrogens with zero attached hydrogens (tertiary/aromatic N) is 2. The fraction of sp³-hybridized carbons (Fsp3) is 0.200. The topological polar surface area (TPSA) is 48.2 Å². The zero-order chi connectivity index (χ0) is 10.8. The van der Waals surface area contributed by atoms with Gasteiger partial charge in [0.15, 0.2) is 5.82 Å². The first-order chi connectivity index (χ1) is 7.20. The lowest BCUT2D eigenvalue weighted by Gasteiger charge is -2.01. The fourth-order valence-corrected chi connectivity index (χ4v) is 1.20. The molecule has 2 aromatic rings. The Hall–Kier alpha value is -1.91. The Kier molecular flexibility index (Phi) is 2.37. The predicted molar refractivity (Wildman–Crippen MR) is 51.0 cm³/mol. The molecule has 0 aliphatic heterocycles. The second-order valence-corrected chi connectivity index (χ2v) is 2.99. The molecular weight excluding hydrogens is 199 g/mol. The van der Waals surface area contributed by atoms with Crippen LogP contribution in [0.1, 0.15) is 5.82 Å². The first-order valence-corrected chi connectivity index (χ1v) is 4.35. The minimum Gasteiger partial charge on any atom is -0.497 e. The van der Waals surface area contributed by atoms with Crippen molar-refractivity contribution in [1.82, 2.24) is 10.1 Å².